The molecule has 1 atom stereocenters. The number of hydrogen-bond acceptors (Lipinski definition) is 4. The molecule has 29 heavy (non-hydrogen) atoms. The maximum atomic E-state index is 13.2. The standard InChI is InChI=1S/C24H23NO3S/c1-17-13-14-22(29-17)21(26)16-24(28)19-11-5-6-12-20(19)25(23(24)27)15-7-10-18-8-3-2-4-9-18/h2-6,8-9,11-14,28H,7,10,15-16H2,1H3/t24-/m1/s1. The molecule has 2 heterocycles. The summed E-state index contributed by atoms with van der Waals surface area (Å²) in [4.78, 5) is 29.2. The third-order valence-electron chi connectivity index (χ3n) is 5.36. The number of carbonyl (C=O) groups is 2. The molecule has 1 aliphatic heterocycles. The van der Waals surface area contributed by atoms with Gasteiger partial charge in [0.25, 0.3) is 5.91 Å². The van der Waals surface area contributed by atoms with Crippen LogP contribution in [0.25, 0.3) is 0 Å². The Balaban J connectivity index is 1.54. The number of aliphatic hydroxyl groups is 1. The number of aryl methyl sites for hydroxylation is 2. The fraction of sp³-hybridized carbons (Fsp3) is 0.250. The van der Waals surface area contributed by atoms with Crippen molar-refractivity contribution in [3.8, 4) is 0 Å². The van der Waals surface area contributed by atoms with Crippen molar-refractivity contribution in [2.75, 3.05) is 11.4 Å². The van der Waals surface area contributed by atoms with Gasteiger partial charge >= 0.3 is 0 Å². The number of Topliss-reactive ketones (excluding diaryl/α,β-unsaturated/α-hetero) is 1. The molecule has 1 N–H and O–H groups in total. The summed E-state index contributed by atoms with van der Waals surface area (Å²) < 4.78 is 0. The SMILES string of the molecule is Cc1ccc(C(=O)C[C@]2(O)C(=O)N(CCCc3ccccc3)c3ccccc32)s1. The lowest BCUT2D eigenvalue weighted by Gasteiger charge is -2.22. The molecule has 0 radical (unpaired) electrons. The monoisotopic (exact) mass is 405 g/mol. The van der Waals surface area contributed by atoms with Gasteiger partial charge in [-0.1, -0.05) is 48.5 Å². The first-order valence-corrected chi connectivity index (χ1v) is 10.6. The first-order chi connectivity index (χ1) is 14.0. The fourth-order valence-electron chi connectivity index (χ4n) is 3.89. The number of hydrogen-bond donors (Lipinski definition) is 1. The zero-order chi connectivity index (χ0) is 20.4. The molecule has 148 valence electrons. The van der Waals surface area contributed by atoms with Crippen LogP contribution < -0.4 is 4.90 Å². The van der Waals surface area contributed by atoms with Gasteiger partial charge in [-0.05, 0) is 43.5 Å². The van der Waals surface area contributed by atoms with Crippen LogP contribution in [0.15, 0.2) is 66.7 Å². The normalized spacial score (nSPS) is 18.1. The molecule has 1 aliphatic rings. The maximum absolute atomic E-state index is 13.2. The van der Waals surface area contributed by atoms with Gasteiger partial charge < -0.3 is 10.0 Å². The average molecular weight is 406 g/mol. The van der Waals surface area contributed by atoms with Gasteiger partial charge in [0.15, 0.2) is 11.4 Å². The Morgan fingerprint density at radius 3 is 2.48 bits per heavy atom. The number of rotatable bonds is 7. The van der Waals surface area contributed by atoms with Crippen molar-refractivity contribution in [1.29, 1.82) is 0 Å². The molecular weight excluding hydrogens is 382 g/mol. The van der Waals surface area contributed by atoms with Gasteiger partial charge in [-0.25, -0.2) is 0 Å². The summed E-state index contributed by atoms with van der Waals surface area (Å²) in [6.45, 7) is 2.43. The number of benzene rings is 2. The van der Waals surface area contributed by atoms with Gasteiger partial charge in [0.05, 0.1) is 17.0 Å². The second-order valence-corrected chi connectivity index (χ2v) is 8.72. The van der Waals surface area contributed by atoms with Crippen LogP contribution in [0.4, 0.5) is 5.69 Å². The van der Waals surface area contributed by atoms with Gasteiger partial charge in [-0.15, -0.1) is 11.3 Å². The summed E-state index contributed by atoms with van der Waals surface area (Å²) in [5.41, 5.74) is 0.624. The quantitative estimate of drug-likeness (QED) is 0.589. The first-order valence-electron chi connectivity index (χ1n) is 9.76. The van der Waals surface area contributed by atoms with Crippen molar-refractivity contribution in [2.45, 2.75) is 31.8 Å². The lowest BCUT2D eigenvalue weighted by molar-refractivity contribution is -0.135. The average Bonchev–Trinajstić information content (AvgIpc) is 3.25. The van der Waals surface area contributed by atoms with Gasteiger partial charge in [-0.2, -0.15) is 0 Å². The van der Waals surface area contributed by atoms with E-state index in [0.29, 0.717) is 22.7 Å². The molecule has 0 aliphatic carbocycles. The molecule has 0 fully saturated rings. The number of para-hydroxylation sites is 1. The van der Waals surface area contributed by atoms with Crippen LogP contribution in [0.1, 0.15) is 38.5 Å². The van der Waals surface area contributed by atoms with Crippen molar-refractivity contribution < 1.29 is 14.7 Å². The van der Waals surface area contributed by atoms with Crippen molar-refractivity contribution in [2.24, 2.45) is 0 Å². The van der Waals surface area contributed by atoms with E-state index in [2.05, 4.69) is 12.1 Å². The molecule has 0 spiro atoms. The highest BCUT2D eigenvalue weighted by molar-refractivity contribution is 7.14. The number of anilines is 1. The molecule has 0 unspecified atom stereocenters. The molecule has 4 rings (SSSR count). The van der Waals surface area contributed by atoms with Crippen molar-refractivity contribution in [3.05, 3.63) is 87.6 Å². The highest BCUT2D eigenvalue weighted by atomic mass is 32.1. The predicted octanol–water partition coefficient (Wildman–Crippen LogP) is 4.50. The Morgan fingerprint density at radius 2 is 1.76 bits per heavy atom. The molecule has 5 heteroatoms. The van der Waals surface area contributed by atoms with Crippen molar-refractivity contribution in [1.82, 2.24) is 0 Å². The summed E-state index contributed by atoms with van der Waals surface area (Å²) in [5.74, 6) is -0.617. The van der Waals surface area contributed by atoms with Crippen LogP contribution in [0.2, 0.25) is 0 Å². The third-order valence-corrected chi connectivity index (χ3v) is 6.40. The van der Waals surface area contributed by atoms with Crippen LogP contribution in [0.5, 0.6) is 0 Å². The molecule has 1 aromatic heterocycles. The Bertz CT molecular complexity index is 1040. The molecule has 3 aromatic rings. The zero-order valence-electron chi connectivity index (χ0n) is 16.3. The van der Waals surface area contributed by atoms with Gasteiger partial charge in [-0.3, -0.25) is 9.59 Å². The fourth-order valence-corrected chi connectivity index (χ4v) is 4.69. The molecule has 0 bridgehead atoms. The number of ketones is 1. The molecule has 1 amide bonds. The third kappa shape index (κ3) is 3.76. The summed E-state index contributed by atoms with van der Waals surface area (Å²) in [5, 5.41) is 11.3. The Morgan fingerprint density at radius 1 is 1.03 bits per heavy atom. The smallest absolute Gasteiger partial charge is 0.264 e. The van der Waals surface area contributed by atoms with Crippen molar-refractivity contribution >= 4 is 28.7 Å². The summed E-state index contributed by atoms with van der Waals surface area (Å²) >= 11 is 1.39. The van der Waals surface area contributed by atoms with E-state index in [1.165, 1.54) is 16.9 Å². The minimum atomic E-state index is -1.81. The van der Waals surface area contributed by atoms with Crippen LogP contribution in [0, 0.1) is 6.92 Å². The van der Waals surface area contributed by atoms with E-state index in [1.807, 2.05) is 43.3 Å². The van der Waals surface area contributed by atoms with Crippen molar-refractivity contribution in [3.63, 3.8) is 0 Å². The topological polar surface area (TPSA) is 57.6 Å². The predicted molar refractivity (Wildman–Crippen MR) is 115 cm³/mol. The molecule has 2 aromatic carbocycles. The van der Waals surface area contributed by atoms with Crippen LogP contribution in [-0.4, -0.2) is 23.3 Å². The maximum Gasteiger partial charge on any atom is 0.264 e. The summed E-state index contributed by atoms with van der Waals surface area (Å²) in [6.07, 6.45) is 1.38. The molecule has 0 saturated carbocycles. The number of thiophene rings is 1. The first kappa shape index (κ1) is 19.6. The number of nitrogens with zero attached hydrogens (tertiary/aromatic N) is 1. The largest absolute Gasteiger partial charge is 0.375 e. The number of fused-ring (bicyclic) bond motifs is 1. The Labute approximate surface area is 174 Å². The van der Waals surface area contributed by atoms with Gasteiger partial charge in [0, 0.05) is 17.0 Å². The molecule has 4 nitrogen and oxygen atoms in total. The van der Waals surface area contributed by atoms with E-state index in [0.717, 1.165) is 17.7 Å². The van der Waals surface area contributed by atoms with Crippen LogP contribution in [0.3, 0.4) is 0 Å². The minimum Gasteiger partial charge on any atom is -0.375 e. The second-order valence-electron chi connectivity index (χ2n) is 7.43. The minimum absolute atomic E-state index is 0.208. The van der Waals surface area contributed by atoms with E-state index < -0.39 is 11.5 Å². The molecular formula is C24H23NO3S. The Hall–Kier alpha value is -2.76. The van der Waals surface area contributed by atoms with E-state index >= 15 is 0 Å². The zero-order valence-corrected chi connectivity index (χ0v) is 17.1. The van der Waals surface area contributed by atoms with E-state index in [-0.39, 0.29) is 12.2 Å². The van der Waals surface area contributed by atoms with Crippen LogP contribution in [-0.2, 0) is 16.8 Å². The van der Waals surface area contributed by atoms with E-state index in [1.54, 1.807) is 23.1 Å². The highest BCUT2D eigenvalue weighted by Crippen LogP contribution is 2.43. The number of carbonyl (C=O) groups excluding carboxylic acids is 2. The molecule has 0 saturated heterocycles. The number of amides is 1. The van der Waals surface area contributed by atoms with Gasteiger partial charge in [0.2, 0.25) is 0 Å². The van der Waals surface area contributed by atoms with Gasteiger partial charge in [0.1, 0.15) is 0 Å². The lowest BCUT2D eigenvalue weighted by Crippen LogP contribution is -2.42. The van der Waals surface area contributed by atoms with E-state index in [9.17, 15) is 14.7 Å². The summed E-state index contributed by atoms with van der Waals surface area (Å²) in [7, 11) is 0. The Kier molecular flexibility index (Phi) is 5.35. The lowest BCUT2D eigenvalue weighted by atomic mass is 9.89. The second kappa shape index (κ2) is 7.93. The highest BCUT2D eigenvalue weighted by Gasteiger charge is 2.50. The van der Waals surface area contributed by atoms with Crippen LogP contribution >= 0.6 is 11.3 Å². The van der Waals surface area contributed by atoms with E-state index in [4.69, 9.17) is 0 Å². The summed E-state index contributed by atoms with van der Waals surface area (Å²) in [6, 6.07) is 21.0.